The molecule has 0 saturated heterocycles. The Hall–Kier alpha value is 0.413. The number of hydrogen-bond acceptors (Lipinski definition) is 2. The zero-order valence-corrected chi connectivity index (χ0v) is 12.0. The van der Waals surface area contributed by atoms with E-state index in [1.165, 1.54) is 0 Å². The Bertz CT molecular complexity index is 143. The van der Waals surface area contributed by atoms with Crippen LogP contribution in [0, 0.1) is 0 Å². The Morgan fingerprint density at radius 1 is 1.50 bits per heavy atom. The molecule has 0 aromatic rings. The number of rotatable bonds is 1. The molecule has 0 spiro atoms. The van der Waals surface area contributed by atoms with E-state index in [4.69, 9.17) is 24.1 Å². The molecule has 0 aliphatic heterocycles. The van der Waals surface area contributed by atoms with Crippen molar-refractivity contribution >= 4 is 25.4 Å². The van der Waals surface area contributed by atoms with E-state index in [-0.39, 0.29) is 5.97 Å². The van der Waals surface area contributed by atoms with E-state index >= 15 is 0 Å². The van der Waals surface area contributed by atoms with Gasteiger partial charge in [0.15, 0.2) is 0 Å². The third-order valence-corrected chi connectivity index (χ3v) is 0.573. The normalized spacial score (nSPS) is 8.75. The van der Waals surface area contributed by atoms with E-state index in [0.717, 1.165) is 6.08 Å². The summed E-state index contributed by atoms with van der Waals surface area (Å²) in [6, 6.07) is 0. The number of carbonyl (C=O) groups excluding carboxylic acids is 1. The zero-order chi connectivity index (χ0) is 10.2. The Morgan fingerprint density at radius 2 is 1.83 bits per heavy atom. The van der Waals surface area contributed by atoms with Gasteiger partial charge in [-0.1, -0.05) is 6.58 Å². The summed E-state index contributed by atoms with van der Waals surface area (Å²) < 4.78 is 4.83. The number of esters is 1. The molecule has 12 heavy (non-hydrogen) atoms. The zero-order valence-electron chi connectivity index (χ0n) is 7.56. The molecular formula is C7H12Cl2O2Zn. The van der Waals surface area contributed by atoms with Gasteiger partial charge in [0.1, 0.15) is 5.60 Å². The van der Waals surface area contributed by atoms with Crippen LogP contribution in [-0.2, 0) is 24.7 Å². The molecule has 0 radical (unpaired) electrons. The van der Waals surface area contributed by atoms with E-state index in [1.807, 2.05) is 20.8 Å². The van der Waals surface area contributed by atoms with Gasteiger partial charge in [0.2, 0.25) is 0 Å². The van der Waals surface area contributed by atoms with Crippen LogP contribution >= 0.6 is 19.4 Å². The summed E-state index contributed by atoms with van der Waals surface area (Å²) in [5.74, 6) is -0.373. The minimum atomic E-state index is -0.931. The van der Waals surface area contributed by atoms with Gasteiger partial charge in [-0.05, 0) is 20.8 Å². The second-order valence-electron chi connectivity index (χ2n) is 2.84. The maximum absolute atomic E-state index is 10.5. The molecule has 0 amide bonds. The minimum absolute atomic E-state index is 0.373. The predicted molar refractivity (Wildman–Crippen MR) is 47.7 cm³/mol. The molecule has 0 atom stereocenters. The maximum atomic E-state index is 10.5. The van der Waals surface area contributed by atoms with Crippen LogP contribution < -0.4 is 0 Å². The molecular weight excluding hydrogens is 252 g/mol. The van der Waals surface area contributed by atoms with Crippen molar-refractivity contribution in [2.45, 2.75) is 26.4 Å². The summed E-state index contributed by atoms with van der Waals surface area (Å²) in [5, 5.41) is 0. The molecule has 0 saturated carbocycles. The monoisotopic (exact) mass is 262 g/mol. The van der Waals surface area contributed by atoms with Crippen LogP contribution in [-0.4, -0.2) is 11.6 Å². The molecule has 0 bridgehead atoms. The van der Waals surface area contributed by atoms with Gasteiger partial charge in [-0.3, -0.25) is 0 Å². The molecule has 0 fully saturated rings. The summed E-state index contributed by atoms with van der Waals surface area (Å²) in [4.78, 5) is 10.5. The number of carbonyl (C=O) groups is 1. The third kappa shape index (κ3) is 16.8. The van der Waals surface area contributed by atoms with E-state index < -0.39 is 20.7 Å². The van der Waals surface area contributed by atoms with Crippen molar-refractivity contribution in [2.75, 3.05) is 0 Å². The average molecular weight is 264 g/mol. The van der Waals surface area contributed by atoms with Crippen molar-refractivity contribution in [1.82, 2.24) is 0 Å². The topological polar surface area (TPSA) is 26.3 Å². The van der Waals surface area contributed by atoms with Crippen molar-refractivity contribution in [3.05, 3.63) is 12.7 Å². The van der Waals surface area contributed by atoms with Crippen molar-refractivity contribution in [2.24, 2.45) is 0 Å². The van der Waals surface area contributed by atoms with Crippen LogP contribution in [0.4, 0.5) is 0 Å². The van der Waals surface area contributed by atoms with Gasteiger partial charge < -0.3 is 4.74 Å². The number of halogens is 2. The molecule has 0 rings (SSSR count). The first-order valence-electron chi connectivity index (χ1n) is 3.34. The molecule has 0 aromatic heterocycles. The van der Waals surface area contributed by atoms with Gasteiger partial charge >= 0.3 is 40.5 Å². The van der Waals surface area contributed by atoms with E-state index in [2.05, 4.69) is 6.58 Å². The van der Waals surface area contributed by atoms with Crippen LogP contribution in [0.15, 0.2) is 12.7 Å². The van der Waals surface area contributed by atoms with Crippen molar-refractivity contribution < 1.29 is 24.7 Å². The first-order chi connectivity index (χ1) is 5.37. The summed E-state index contributed by atoms with van der Waals surface area (Å²) >= 11 is -0.931. The Balaban J connectivity index is 0. The van der Waals surface area contributed by atoms with Gasteiger partial charge in [0.05, 0.1) is 0 Å². The van der Waals surface area contributed by atoms with Crippen LogP contribution in [0.3, 0.4) is 0 Å². The van der Waals surface area contributed by atoms with Crippen LogP contribution in [0.5, 0.6) is 0 Å². The fourth-order valence-electron chi connectivity index (χ4n) is 0.343. The van der Waals surface area contributed by atoms with Crippen molar-refractivity contribution in [1.29, 1.82) is 0 Å². The SMILES string of the molecule is C=CC(=O)OC(C)(C)C.[Cl][Zn][Cl]. The molecule has 0 aliphatic rings. The average Bonchev–Trinajstić information content (AvgIpc) is 1.86. The summed E-state index contributed by atoms with van der Waals surface area (Å²) in [7, 11) is 9.90. The first kappa shape index (κ1) is 14.9. The standard InChI is InChI=1S/C7H12O2.2ClH.Zn/c1-5-6(8)9-7(2,3)4;;;/h5H,1H2,2-4H3;2*1H;/q;;;+2/p-2. The fourth-order valence-corrected chi connectivity index (χ4v) is 0.343. The summed E-state index contributed by atoms with van der Waals surface area (Å²) in [5.41, 5.74) is -0.398. The van der Waals surface area contributed by atoms with E-state index in [0.29, 0.717) is 0 Å². The van der Waals surface area contributed by atoms with E-state index in [9.17, 15) is 4.79 Å². The predicted octanol–water partition coefficient (Wildman–Crippen LogP) is 2.89. The first-order valence-corrected chi connectivity index (χ1v) is 11.1. The van der Waals surface area contributed by atoms with Crippen LogP contribution in [0.1, 0.15) is 20.8 Å². The molecule has 0 heterocycles. The van der Waals surface area contributed by atoms with Crippen molar-refractivity contribution in [3.63, 3.8) is 0 Å². The molecule has 0 aliphatic carbocycles. The van der Waals surface area contributed by atoms with Gasteiger partial charge in [0.25, 0.3) is 0 Å². The Labute approximate surface area is 88.9 Å². The summed E-state index contributed by atoms with van der Waals surface area (Å²) in [6.07, 6.45) is 1.16. The molecule has 5 heteroatoms. The second-order valence-corrected chi connectivity index (χ2v) is 7.46. The summed E-state index contributed by atoms with van der Waals surface area (Å²) in [6.45, 7) is 8.71. The second kappa shape index (κ2) is 8.03. The quantitative estimate of drug-likeness (QED) is 0.413. The number of hydrogen-bond donors (Lipinski definition) is 0. The molecule has 0 N–H and O–H groups in total. The third-order valence-electron chi connectivity index (χ3n) is 0.573. The molecule has 2 nitrogen and oxygen atoms in total. The van der Waals surface area contributed by atoms with Gasteiger partial charge in [-0.25, -0.2) is 4.79 Å². The Kier molecular flexibility index (Phi) is 9.98. The molecule has 0 aromatic carbocycles. The van der Waals surface area contributed by atoms with Crippen molar-refractivity contribution in [3.8, 4) is 0 Å². The van der Waals surface area contributed by atoms with E-state index in [1.54, 1.807) is 0 Å². The Morgan fingerprint density at radius 3 is 1.92 bits per heavy atom. The van der Waals surface area contributed by atoms with Gasteiger partial charge in [-0.15, -0.1) is 0 Å². The van der Waals surface area contributed by atoms with Crippen LogP contribution in [0.25, 0.3) is 0 Å². The van der Waals surface area contributed by atoms with Gasteiger partial charge in [0, 0.05) is 6.08 Å². The fraction of sp³-hybridized carbons (Fsp3) is 0.571. The molecule has 0 unspecified atom stereocenters. The van der Waals surface area contributed by atoms with Crippen LogP contribution in [0.2, 0.25) is 0 Å². The number of ether oxygens (including phenoxy) is 1. The van der Waals surface area contributed by atoms with Gasteiger partial charge in [-0.2, -0.15) is 0 Å². The molecule has 68 valence electrons.